The van der Waals surface area contributed by atoms with Crippen molar-refractivity contribution in [3.63, 3.8) is 0 Å². The standard InChI is InChI=1S/C21H24N4S/c1-15-22-20(19-17-8-5-9-18(17)26-21(19)23-15)25-12-10-24(11-13-25)14-16-6-3-2-4-7-16/h2-4,6-7H,5,8-14H2,1H3/p+1. The summed E-state index contributed by atoms with van der Waals surface area (Å²) >= 11 is 1.90. The summed E-state index contributed by atoms with van der Waals surface area (Å²) in [6, 6.07) is 10.9. The number of aryl methyl sites for hydroxylation is 3. The predicted octanol–water partition coefficient (Wildman–Crippen LogP) is 2.39. The maximum Gasteiger partial charge on any atom is 0.141 e. The molecule has 0 saturated carbocycles. The van der Waals surface area contributed by atoms with E-state index in [1.54, 1.807) is 15.3 Å². The zero-order valence-electron chi connectivity index (χ0n) is 15.3. The fourth-order valence-electron chi connectivity index (χ4n) is 4.41. The summed E-state index contributed by atoms with van der Waals surface area (Å²) in [6.07, 6.45) is 3.72. The summed E-state index contributed by atoms with van der Waals surface area (Å²) < 4.78 is 0. The molecule has 134 valence electrons. The maximum absolute atomic E-state index is 4.90. The zero-order chi connectivity index (χ0) is 17.5. The monoisotopic (exact) mass is 365 g/mol. The number of rotatable bonds is 3. The first kappa shape index (κ1) is 16.2. The average Bonchev–Trinajstić information content (AvgIpc) is 3.23. The summed E-state index contributed by atoms with van der Waals surface area (Å²) in [5.74, 6) is 2.11. The van der Waals surface area contributed by atoms with Crippen LogP contribution >= 0.6 is 11.3 Å². The van der Waals surface area contributed by atoms with Gasteiger partial charge in [0.15, 0.2) is 0 Å². The second kappa shape index (κ2) is 6.63. The van der Waals surface area contributed by atoms with Crippen LogP contribution in [0, 0.1) is 6.92 Å². The molecule has 2 aromatic heterocycles. The molecule has 1 aromatic carbocycles. The van der Waals surface area contributed by atoms with Gasteiger partial charge in [-0.2, -0.15) is 0 Å². The first-order valence-electron chi connectivity index (χ1n) is 9.69. The van der Waals surface area contributed by atoms with Gasteiger partial charge in [0.25, 0.3) is 0 Å². The lowest BCUT2D eigenvalue weighted by molar-refractivity contribution is -0.914. The molecule has 0 unspecified atom stereocenters. The fourth-order valence-corrected chi connectivity index (χ4v) is 5.71. The van der Waals surface area contributed by atoms with E-state index in [-0.39, 0.29) is 0 Å². The normalized spacial score (nSPS) is 17.8. The van der Waals surface area contributed by atoms with Crippen LogP contribution < -0.4 is 9.80 Å². The summed E-state index contributed by atoms with van der Waals surface area (Å²) in [7, 11) is 0. The number of hydrogen-bond acceptors (Lipinski definition) is 4. The van der Waals surface area contributed by atoms with Crippen molar-refractivity contribution in [3.8, 4) is 0 Å². The maximum atomic E-state index is 4.90. The first-order chi connectivity index (χ1) is 12.8. The SMILES string of the molecule is Cc1nc(N2CC[NH+](Cc3ccccc3)CC2)c2c3c(sc2n1)CCC3. The van der Waals surface area contributed by atoms with Gasteiger partial charge in [-0.3, -0.25) is 0 Å². The van der Waals surface area contributed by atoms with Crippen LogP contribution in [0.25, 0.3) is 10.2 Å². The molecule has 26 heavy (non-hydrogen) atoms. The number of quaternary nitrogens is 1. The van der Waals surface area contributed by atoms with E-state index in [1.807, 2.05) is 18.3 Å². The highest BCUT2D eigenvalue weighted by Gasteiger charge is 2.27. The molecule has 4 nitrogen and oxygen atoms in total. The Kier molecular flexibility index (Phi) is 4.14. The van der Waals surface area contributed by atoms with E-state index in [4.69, 9.17) is 9.97 Å². The third-order valence-corrected chi connectivity index (χ3v) is 6.91. The van der Waals surface area contributed by atoms with Crippen molar-refractivity contribution >= 4 is 27.4 Å². The first-order valence-corrected chi connectivity index (χ1v) is 10.5. The van der Waals surface area contributed by atoms with Crippen LogP contribution in [-0.2, 0) is 19.4 Å². The van der Waals surface area contributed by atoms with Gasteiger partial charge in [0.2, 0.25) is 0 Å². The van der Waals surface area contributed by atoms with Crippen LogP contribution in [0.3, 0.4) is 0 Å². The molecule has 3 heterocycles. The Labute approximate surface area is 158 Å². The van der Waals surface area contributed by atoms with Gasteiger partial charge >= 0.3 is 0 Å². The lowest BCUT2D eigenvalue weighted by Crippen LogP contribution is -3.13. The molecular formula is C21H25N4S+. The minimum absolute atomic E-state index is 0.909. The Morgan fingerprint density at radius 3 is 2.69 bits per heavy atom. The summed E-state index contributed by atoms with van der Waals surface area (Å²) in [5.41, 5.74) is 2.98. The molecule has 0 atom stereocenters. The van der Waals surface area contributed by atoms with Crippen molar-refractivity contribution in [2.24, 2.45) is 0 Å². The third kappa shape index (κ3) is 2.89. The molecule has 0 radical (unpaired) electrons. The summed E-state index contributed by atoms with van der Waals surface area (Å²) in [6.45, 7) is 7.67. The van der Waals surface area contributed by atoms with Gasteiger partial charge in [-0.15, -0.1) is 11.3 Å². The van der Waals surface area contributed by atoms with Crippen molar-refractivity contribution in [2.45, 2.75) is 32.7 Å². The van der Waals surface area contributed by atoms with Crippen molar-refractivity contribution in [1.29, 1.82) is 0 Å². The van der Waals surface area contributed by atoms with E-state index in [1.165, 1.54) is 53.9 Å². The van der Waals surface area contributed by atoms with Crippen LogP contribution in [0.2, 0.25) is 0 Å². The number of nitrogens with zero attached hydrogens (tertiary/aromatic N) is 3. The van der Waals surface area contributed by atoms with Crippen molar-refractivity contribution in [1.82, 2.24) is 9.97 Å². The topological polar surface area (TPSA) is 33.5 Å². The molecule has 1 N–H and O–H groups in total. The number of piperazine rings is 1. The molecule has 5 heteroatoms. The van der Waals surface area contributed by atoms with Crippen LogP contribution in [-0.4, -0.2) is 36.1 Å². The number of benzene rings is 1. The van der Waals surface area contributed by atoms with E-state index in [0.29, 0.717) is 0 Å². The molecule has 1 fully saturated rings. The Hall–Kier alpha value is -1.98. The Bertz CT molecular complexity index is 926. The molecule has 3 aromatic rings. The van der Waals surface area contributed by atoms with Crippen molar-refractivity contribution < 1.29 is 4.90 Å². The van der Waals surface area contributed by atoms with E-state index in [2.05, 4.69) is 35.2 Å². The number of thiophene rings is 1. The minimum atomic E-state index is 0.909. The van der Waals surface area contributed by atoms with Gasteiger partial charge in [-0.05, 0) is 31.7 Å². The van der Waals surface area contributed by atoms with Crippen LogP contribution in [0.4, 0.5) is 5.82 Å². The number of anilines is 1. The van der Waals surface area contributed by atoms with Crippen LogP contribution in [0.15, 0.2) is 30.3 Å². The average molecular weight is 366 g/mol. The Morgan fingerprint density at radius 2 is 1.88 bits per heavy atom. The van der Waals surface area contributed by atoms with Gasteiger partial charge < -0.3 is 9.80 Å². The molecule has 1 aliphatic carbocycles. The fraction of sp³-hybridized carbons (Fsp3) is 0.429. The second-order valence-corrected chi connectivity index (χ2v) is 8.61. The quantitative estimate of drug-likeness (QED) is 0.774. The van der Waals surface area contributed by atoms with E-state index >= 15 is 0 Å². The highest BCUT2D eigenvalue weighted by atomic mass is 32.1. The van der Waals surface area contributed by atoms with E-state index in [9.17, 15) is 0 Å². The molecule has 0 spiro atoms. The van der Waals surface area contributed by atoms with Gasteiger partial charge in [0.1, 0.15) is 23.0 Å². The predicted molar refractivity (Wildman–Crippen MR) is 107 cm³/mol. The van der Waals surface area contributed by atoms with Crippen molar-refractivity contribution in [2.75, 3.05) is 31.1 Å². The second-order valence-electron chi connectivity index (χ2n) is 7.53. The summed E-state index contributed by atoms with van der Waals surface area (Å²) in [5, 5.41) is 1.36. The highest BCUT2D eigenvalue weighted by molar-refractivity contribution is 7.19. The summed E-state index contributed by atoms with van der Waals surface area (Å²) in [4.78, 5) is 16.6. The molecular weight excluding hydrogens is 340 g/mol. The van der Waals surface area contributed by atoms with Gasteiger partial charge in [-0.25, -0.2) is 9.97 Å². The molecule has 1 saturated heterocycles. The number of nitrogens with one attached hydrogen (secondary N) is 1. The highest BCUT2D eigenvalue weighted by Crippen LogP contribution is 2.40. The van der Waals surface area contributed by atoms with Crippen LogP contribution in [0.5, 0.6) is 0 Å². The largest absolute Gasteiger partial charge is 0.345 e. The van der Waals surface area contributed by atoms with Crippen molar-refractivity contribution in [3.05, 3.63) is 52.2 Å². The third-order valence-electron chi connectivity index (χ3n) is 5.72. The number of fused-ring (bicyclic) bond motifs is 3. The Morgan fingerprint density at radius 1 is 1.08 bits per heavy atom. The smallest absolute Gasteiger partial charge is 0.141 e. The molecule has 2 aliphatic rings. The molecule has 0 bridgehead atoms. The lowest BCUT2D eigenvalue weighted by atomic mass is 10.1. The number of aromatic nitrogens is 2. The van der Waals surface area contributed by atoms with Crippen LogP contribution in [0.1, 0.15) is 28.2 Å². The molecule has 5 rings (SSSR count). The lowest BCUT2D eigenvalue weighted by Gasteiger charge is -2.33. The minimum Gasteiger partial charge on any atom is -0.345 e. The van der Waals surface area contributed by atoms with E-state index in [0.717, 1.165) is 25.5 Å². The van der Waals surface area contributed by atoms with E-state index < -0.39 is 0 Å². The zero-order valence-corrected chi connectivity index (χ0v) is 16.1. The molecule has 1 aliphatic heterocycles. The van der Waals surface area contributed by atoms with Gasteiger partial charge in [0.05, 0.1) is 31.6 Å². The molecule has 0 amide bonds. The number of hydrogen-bond donors (Lipinski definition) is 1. The van der Waals surface area contributed by atoms with Gasteiger partial charge in [0, 0.05) is 10.4 Å². The Balaban J connectivity index is 1.38. The van der Waals surface area contributed by atoms with Gasteiger partial charge in [-0.1, -0.05) is 30.3 Å².